The fraction of sp³-hybridized carbons (Fsp3) is 0.154. The summed E-state index contributed by atoms with van der Waals surface area (Å²) in [5, 5.41) is 21.9. The molecule has 19 heavy (non-hydrogen) atoms. The Morgan fingerprint density at radius 2 is 2.00 bits per heavy atom. The molecule has 3 N–H and O–H groups in total. The van der Waals surface area contributed by atoms with Gasteiger partial charge in [-0.05, 0) is 17.7 Å². The third-order valence-corrected chi connectivity index (χ3v) is 2.50. The summed E-state index contributed by atoms with van der Waals surface area (Å²) in [5.74, 6) is 0.352. The molecule has 0 aliphatic heterocycles. The van der Waals surface area contributed by atoms with Gasteiger partial charge in [0.1, 0.15) is 0 Å². The average Bonchev–Trinajstić information content (AvgIpc) is 2.47. The molecule has 2 amide bonds. The minimum Gasteiger partial charge on any atom is -0.394 e. The summed E-state index contributed by atoms with van der Waals surface area (Å²) in [6.07, 6.45) is 1.52. The van der Waals surface area contributed by atoms with Crippen molar-refractivity contribution in [3.05, 3.63) is 54.2 Å². The summed E-state index contributed by atoms with van der Waals surface area (Å²) in [6, 6.07) is 11.6. The molecule has 6 nitrogen and oxygen atoms in total. The highest BCUT2D eigenvalue weighted by molar-refractivity contribution is 5.88. The Balaban J connectivity index is 1.97. The molecule has 1 atom stereocenters. The first-order valence-electron chi connectivity index (χ1n) is 5.80. The van der Waals surface area contributed by atoms with E-state index in [1.165, 1.54) is 6.20 Å². The topological polar surface area (TPSA) is 87.1 Å². The van der Waals surface area contributed by atoms with Crippen molar-refractivity contribution in [2.45, 2.75) is 6.04 Å². The lowest BCUT2D eigenvalue weighted by molar-refractivity contribution is 0.225. The van der Waals surface area contributed by atoms with Crippen molar-refractivity contribution in [1.82, 2.24) is 15.5 Å². The molecule has 0 fully saturated rings. The Morgan fingerprint density at radius 3 is 2.63 bits per heavy atom. The van der Waals surface area contributed by atoms with Gasteiger partial charge in [-0.3, -0.25) is 5.32 Å². The van der Waals surface area contributed by atoms with Crippen molar-refractivity contribution in [3.63, 3.8) is 0 Å². The van der Waals surface area contributed by atoms with Crippen LogP contribution in [0.3, 0.4) is 0 Å². The minimum absolute atomic E-state index is 0.183. The van der Waals surface area contributed by atoms with E-state index in [4.69, 9.17) is 0 Å². The van der Waals surface area contributed by atoms with Crippen LogP contribution in [0, 0.1) is 0 Å². The van der Waals surface area contributed by atoms with E-state index in [1.807, 2.05) is 30.3 Å². The van der Waals surface area contributed by atoms with Gasteiger partial charge in [-0.2, -0.15) is 5.10 Å². The van der Waals surface area contributed by atoms with Crippen LogP contribution in [0.2, 0.25) is 0 Å². The molecule has 1 aromatic heterocycles. The second kappa shape index (κ2) is 6.46. The number of aromatic nitrogens is 2. The van der Waals surface area contributed by atoms with E-state index in [-0.39, 0.29) is 6.61 Å². The number of hydrogen-bond acceptors (Lipinski definition) is 4. The maximum absolute atomic E-state index is 11.8. The highest BCUT2D eigenvalue weighted by Gasteiger charge is 2.13. The fourth-order valence-corrected chi connectivity index (χ4v) is 1.60. The number of nitrogens with zero attached hydrogens (tertiary/aromatic N) is 2. The lowest BCUT2D eigenvalue weighted by Crippen LogP contribution is -2.34. The molecule has 0 saturated heterocycles. The Labute approximate surface area is 110 Å². The number of urea groups is 1. The summed E-state index contributed by atoms with van der Waals surface area (Å²) in [5.41, 5.74) is 0.833. The quantitative estimate of drug-likeness (QED) is 0.772. The highest BCUT2D eigenvalue weighted by Crippen LogP contribution is 2.11. The second-order valence-electron chi connectivity index (χ2n) is 3.85. The third kappa shape index (κ3) is 3.75. The maximum Gasteiger partial charge on any atom is 0.321 e. The lowest BCUT2D eigenvalue weighted by Gasteiger charge is -2.16. The Hall–Kier alpha value is -2.47. The van der Waals surface area contributed by atoms with E-state index in [9.17, 15) is 9.90 Å². The standard InChI is InChI=1S/C13H14N4O2/c18-9-11(10-5-2-1-3-6-10)15-13(19)16-12-7-4-8-14-17-12/h1-8,11,18H,9H2,(H2,15,16,17,19). The normalized spacial score (nSPS) is 11.6. The first kappa shape index (κ1) is 13.0. The zero-order valence-electron chi connectivity index (χ0n) is 10.2. The van der Waals surface area contributed by atoms with Crippen molar-refractivity contribution >= 4 is 11.8 Å². The first-order valence-corrected chi connectivity index (χ1v) is 5.80. The number of rotatable bonds is 4. The molecule has 2 rings (SSSR count). The van der Waals surface area contributed by atoms with Gasteiger partial charge in [-0.1, -0.05) is 30.3 Å². The Morgan fingerprint density at radius 1 is 1.21 bits per heavy atom. The zero-order valence-corrected chi connectivity index (χ0v) is 10.2. The van der Waals surface area contributed by atoms with Crippen molar-refractivity contribution < 1.29 is 9.90 Å². The van der Waals surface area contributed by atoms with Gasteiger partial charge in [0.2, 0.25) is 0 Å². The van der Waals surface area contributed by atoms with Crippen molar-refractivity contribution in [2.24, 2.45) is 0 Å². The van der Waals surface area contributed by atoms with Crippen LogP contribution in [0.25, 0.3) is 0 Å². The fourth-order valence-electron chi connectivity index (χ4n) is 1.60. The van der Waals surface area contributed by atoms with Gasteiger partial charge in [0.05, 0.1) is 12.6 Å². The largest absolute Gasteiger partial charge is 0.394 e. The summed E-state index contributed by atoms with van der Waals surface area (Å²) < 4.78 is 0. The van der Waals surface area contributed by atoms with Crippen LogP contribution >= 0.6 is 0 Å². The molecule has 0 bridgehead atoms. The highest BCUT2D eigenvalue weighted by atomic mass is 16.3. The number of aliphatic hydroxyl groups excluding tert-OH is 1. The molecule has 2 aromatic rings. The summed E-state index contributed by atoms with van der Waals surface area (Å²) in [6.45, 7) is -0.183. The number of nitrogens with one attached hydrogen (secondary N) is 2. The molecule has 0 radical (unpaired) electrons. The van der Waals surface area contributed by atoms with Crippen molar-refractivity contribution in [2.75, 3.05) is 11.9 Å². The molecule has 6 heteroatoms. The van der Waals surface area contributed by atoms with Gasteiger partial charge in [-0.25, -0.2) is 4.79 Å². The number of amides is 2. The number of hydrogen-bond donors (Lipinski definition) is 3. The lowest BCUT2D eigenvalue weighted by atomic mass is 10.1. The predicted molar refractivity (Wildman–Crippen MR) is 70.5 cm³/mol. The van der Waals surface area contributed by atoms with E-state index in [0.717, 1.165) is 5.56 Å². The maximum atomic E-state index is 11.8. The zero-order chi connectivity index (χ0) is 13.5. The molecule has 1 unspecified atom stereocenters. The van der Waals surface area contributed by atoms with Crippen LogP contribution in [0.1, 0.15) is 11.6 Å². The van der Waals surface area contributed by atoms with E-state index >= 15 is 0 Å². The van der Waals surface area contributed by atoms with Gasteiger partial charge in [0, 0.05) is 6.20 Å². The summed E-state index contributed by atoms with van der Waals surface area (Å²) in [4.78, 5) is 11.8. The molecule has 0 aliphatic carbocycles. The Bertz CT molecular complexity index is 519. The number of carbonyl (C=O) groups is 1. The van der Waals surface area contributed by atoms with Gasteiger partial charge < -0.3 is 10.4 Å². The van der Waals surface area contributed by atoms with Gasteiger partial charge in [-0.15, -0.1) is 5.10 Å². The van der Waals surface area contributed by atoms with E-state index < -0.39 is 12.1 Å². The average molecular weight is 258 g/mol. The van der Waals surface area contributed by atoms with Crippen LogP contribution < -0.4 is 10.6 Å². The molecule has 1 aromatic carbocycles. The summed E-state index contributed by atoms with van der Waals surface area (Å²) in [7, 11) is 0. The van der Waals surface area contributed by atoms with Crippen LogP contribution in [0.5, 0.6) is 0 Å². The number of benzene rings is 1. The van der Waals surface area contributed by atoms with Gasteiger partial charge in [0.25, 0.3) is 0 Å². The SMILES string of the molecule is O=C(Nc1cccnn1)NC(CO)c1ccccc1. The minimum atomic E-state index is -0.460. The van der Waals surface area contributed by atoms with Crippen molar-refractivity contribution in [3.8, 4) is 0 Å². The van der Waals surface area contributed by atoms with Crippen LogP contribution in [-0.4, -0.2) is 27.9 Å². The smallest absolute Gasteiger partial charge is 0.321 e. The van der Waals surface area contributed by atoms with E-state index in [1.54, 1.807) is 12.1 Å². The van der Waals surface area contributed by atoms with Crippen LogP contribution in [0.15, 0.2) is 48.7 Å². The first-order chi connectivity index (χ1) is 9.29. The monoisotopic (exact) mass is 258 g/mol. The number of anilines is 1. The van der Waals surface area contributed by atoms with E-state index in [0.29, 0.717) is 5.82 Å². The molecule has 0 aliphatic rings. The predicted octanol–water partition coefficient (Wildman–Crippen LogP) is 1.33. The number of carbonyl (C=O) groups excluding carboxylic acids is 1. The number of aliphatic hydroxyl groups is 1. The molecule has 0 saturated carbocycles. The molecular formula is C13H14N4O2. The molecule has 0 spiro atoms. The van der Waals surface area contributed by atoms with Gasteiger partial charge in [0.15, 0.2) is 5.82 Å². The Kier molecular flexibility index (Phi) is 4.41. The second-order valence-corrected chi connectivity index (χ2v) is 3.85. The van der Waals surface area contributed by atoms with Crippen molar-refractivity contribution in [1.29, 1.82) is 0 Å². The van der Waals surface area contributed by atoms with Gasteiger partial charge >= 0.3 is 6.03 Å². The van der Waals surface area contributed by atoms with E-state index in [2.05, 4.69) is 20.8 Å². The van der Waals surface area contributed by atoms with Crippen LogP contribution in [0.4, 0.5) is 10.6 Å². The molecular weight excluding hydrogens is 244 g/mol. The van der Waals surface area contributed by atoms with Crippen LogP contribution in [-0.2, 0) is 0 Å². The molecule has 1 heterocycles. The summed E-state index contributed by atoms with van der Waals surface area (Å²) >= 11 is 0. The molecule has 98 valence electrons. The third-order valence-electron chi connectivity index (χ3n) is 2.50.